The van der Waals surface area contributed by atoms with Crippen molar-refractivity contribution in [3.05, 3.63) is 273 Å². The van der Waals surface area contributed by atoms with Gasteiger partial charge in [-0.1, -0.05) is 164 Å². The summed E-state index contributed by atoms with van der Waals surface area (Å²) >= 11 is 0. The Morgan fingerprint density at radius 3 is 0.328 bits per heavy atom. The molecule has 9 aromatic carbocycles. The van der Waals surface area contributed by atoms with Gasteiger partial charge < -0.3 is 40.7 Å². The second kappa shape index (κ2) is 28.9. The molecule has 0 spiro atoms. The molecule has 0 saturated heterocycles. The van der Waals surface area contributed by atoms with Gasteiger partial charge in [0.15, 0.2) is 0 Å². The summed E-state index contributed by atoms with van der Waals surface area (Å²) in [4.78, 5) is 0. The largest absolute Gasteiger partial charge is 0.530 e. The molecular weight excluding hydrogens is 1080 g/mol. The smallest absolute Gasteiger partial charge is 0.409 e. The van der Waals surface area contributed by atoms with Crippen molar-refractivity contribution < 1.29 is 61.8 Å². The number of hydrogen-bond donors (Lipinski definition) is 0. The number of para-hydroxylation sites is 9. The summed E-state index contributed by atoms with van der Waals surface area (Å²) in [5.74, 6) is 6.38. The summed E-state index contributed by atoms with van der Waals surface area (Å²) in [7, 11) is -4.77. The van der Waals surface area contributed by atoms with Gasteiger partial charge in [-0.05, 0) is 109 Å². The van der Waals surface area contributed by atoms with E-state index >= 15 is 0 Å². The molecule has 0 atom stereocenters. The minimum Gasteiger partial charge on any atom is -0.409 e. The second-order valence-corrected chi connectivity index (χ2v) is 16.3. The molecule has 0 aliphatic rings. The van der Waals surface area contributed by atoms with Crippen LogP contribution in [0.5, 0.6) is 51.7 Å². The molecule has 340 valence electrons. The first-order valence-electron chi connectivity index (χ1n) is 20.7. The van der Waals surface area contributed by atoms with Crippen molar-refractivity contribution in [2.45, 2.75) is 0 Å². The van der Waals surface area contributed by atoms with Gasteiger partial charge in [0.25, 0.3) is 0 Å². The van der Waals surface area contributed by atoms with Crippen molar-refractivity contribution in [2.24, 2.45) is 0 Å². The van der Waals surface area contributed by atoms with Crippen LogP contribution in [-0.2, 0) is 21.1 Å². The van der Waals surface area contributed by atoms with Crippen LogP contribution in [0.2, 0.25) is 0 Å². The van der Waals surface area contributed by atoms with Gasteiger partial charge in [0.2, 0.25) is 0 Å². The van der Waals surface area contributed by atoms with Gasteiger partial charge in [-0.25, -0.2) is 0 Å². The monoisotopic (exact) mass is 1130 g/mol. The van der Waals surface area contributed by atoms with Crippen LogP contribution in [0.4, 0.5) is 0 Å². The molecule has 9 nitrogen and oxygen atoms in total. The first-order chi connectivity index (χ1) is 32.7. The SMILES string of the molecule is [Pt].c1ccc(OP(Oc2ccccc2)Oc2ccccc2)cc1.c1ccc(OP(Oc2ccccc2)Oc2ccccc2)cc1.c1ccc(OP(Oc2ccccc2)Oc2ccccc2)cc1. The first kappa shape index (κ1) is 49.6. The van der Waals surface area contributed by atoms with Crippen molar-refractivity contribution >= 4 is 25.8 Å². The van der Waals surface area contributed by atoms with E-state index in [0.29, 0.717) is 51.7 Å². The Bertz CT molecular complexity index is 2030. The van der Waals surface area contributed by atoms with E-state index in [1.165, 1.54) is 0 Å². The molecule has 0 saturated carbocycles. The average Bonchev–Trinajstić information content (AvgIpc) is 3.37. The molecule has 0 fully saturated rings. The van der Waals surface area contributed by atoms with Crippen molar-refractivity contribution in [3.8, 4) is 51.7 Å². The molecule has 0 radical (unpaired) electrons. The van der Waals surface area contributed by atoms with Crippen LogP contribution < -0.4 is 40.7 Å². The molecule has 0 unspecified atom stereocenters. The summed E-state index contributed by atoms with van der Waals surface area (Å²) in [6.07, 6.45) is 0. The zero-order valence-electron chi connectivity index (χ0n) is 35.8. The van der Waals surface area contributed by atoms with Crippen LogP contribution in [0.15, 0.2) is 273 Å². The van der Waals surface area contributed by atoms with E-state index in [4.69, 9.17) is 40.7 Å². The van der Waals surface area contributed by atoms with Crippen molar-refractivity contribution in [1.29, 1.82) is 0 Å². The molecule has 9 aromatic rings. The third-order valence-electron chi connectivity index (χ3n) is 8.31. The molecule has 0 heterocycles. The Morgan fingerprint density at radius 2 is 0.239 bits per heavy atom. The van der Waals surface area contributed by atoms with E-state index in [9.17, 15) is 0 Å². The maximum Gasteiger partial charge on any atom is 0.530 e. The molecule has 0 N–H and O–H groups in total. The van der Waals surface area contributed by atoms with Gasteiger partial charge >= 0.3 is 25.8 Å². The molecule has 0 amide bonds. The maximum atomic E-state index is 5.84. The number of rotatable bonds is 18. The quantitative estimate of drug-likeness (QED) is 0.0780. The topological polar surface area (TPSA) is 83.1 Å². The van der Waals surface area contributed by atoms with Gasteiger partial charge in [0.05, 0.1) is 0 Å². The van der Waals surface area contributed by atoms with Gasteiger partial charge in [-0.2, -0.15) is 0 Å². The minimum atomic E-state index is -1.59. The molecular formula is C54H45O9P3Pt. The number of benzene rings is 9. The Kier molecular flexibility index (Phi) is 21.4. The van der Waals surface area contributed by atoms with Gasteiger partial charge in [-0.3, -0.25) is 0 Å². The van der Waals surface area contributed by atoms with Gasteiger partial charge in [-0.15, -0.1) is 0 Å². The van der Waals surface area contributed by atoms with Crippen LogP contribution in [-0.4, -0.2) is 0 Å². The fourth-order valence-corrected chi connectivity index (χ4v) is 8.25. The van der Waals surface area contributed by atoms with Gasteiger partial charge in [0.1, 0.15) is 51.7 Å². The van der Waals surface area contributed by atoms with Gasteiger partial charge in [0, 0.05) is 21.1 Å². The number of hydrogen-bond acceptors (Lipinski definition) is 9. The van der Waals surface area contributed by atoms with E-state index < -0.39 is 25.8 Å². The Morgan fingerprint density at radius 1 is 0.149 bits per heavy atom. The zero-order chi connectivity index (χ0) is 45.1. The van der Waals surface area contributed by atoms with E-state index in [2.05, 4.69) is 0 Å². The molecule has 9 rings (SSSR count). The zero-order valence-corrected chi connectivity index (χ0v) is 40.8. The predicted molar refractivity (Wildman–Crippen MR) is 264 cm³/mol. The molecule has 0 bridgehead atoms. The second-order valence-electron chi connectivity index (χ2n) is 13.3. The van der Waals surface area contributed by atoms with Crippen LogP contribution in [0, 0.1) is 0 Å². The summed E-state index contributed by atoms with van der Waals surface area (Å²) in [6.45, 7) is 0. The molecule has 67 heavy (non-hydrogen) atoms. The summed E-state index contributed by atoms with van der Waals surface area (Å²) in [5.41, 5.74) is 0. The Hall–Kier alpha value is -6.84. The Labute approximate surface area is 410 Å². The maximum absolute atomic E-state index is 5.84. The van der Waals surface area contributed by atoms with E-state index in [0.717, 1.165) is 0 Å². The van der Waals surface area contributed by atoms with Crippen LogP contribution in [0.25, 0.3) is 0 Å². The van der Waals surface area contributed by atoms with Crippen molar-refractivity contribution in [2.75, 3.05) is 0 Å². The average molecular weight is 1130 g/mol. The van der Waals surface area contributed by atoms with Crippen molar-refractivity contribution in [3.63, 3.8) is 0 Å². The fraction of sp³-hybridized carbons (Fsp3) is 0. The standard InChI is InChI=1S/3C18H15O3P.Pt/c3*1-4-10-16(11-5-1)19-22(20-17-12-6-2-7-13-17)21-18-14-8-3-9-15-18;/h3*1-15H;. The molecule has 0 aromatic heterocycles. The van der Waals surface area contributed by atoms with Crippen LogP contribution in [0.3, 0.4) is 0 Å². The summed E-state index contributed by atoms with van der Waals surface area (Å²) in [6, 6.07) is 85.5. The summed E-state index contributed by atoms with van der Waals surface area (Å²) < 4.78 is 52.6. The van der Waals surface area contributed by atoms with Crippen LogP contribution >= 0.6 is 25.8 Å². The Balaban J connectivity index is 0.000000165. The molecule has 0 aliphatic carbocycles. The predicted octanol–water partition coefficient (Wildman–Crippen LogP) is 16.3. The fourth-order valence-electron chi connectivity index (χ4n) is 5.27. The normalized spacial score (nSPS) is 10.1. The van der Waals surface area contributed by atoms with Crippen LogP contribution in [0.1, 0.15) is 0 Å². The molecule has 13 heteroatoms. The summed E-state index contributed by atoms with van der Waals surface area (Å²) in [5, 5.41) is 0. The van der Waals surface area contributed by atoms with Crippen molar-refractivity contribution in [1.82, 2.24) is 0 Å². The van der Waals surface area contributed by atoms with E-state index in [1.54, 1.807) is 0 Å². The third-order valence-corrected chi connectivity index (χ3v) is 11.5. The minimum absolute atomic E-state index is 0. The van der Waals surface area contributed by atoms with E-state index in [-0.39, 0.29) is 21.1 Å². The van der Waals surface area contributed by atoms with E-state index in [1.807, 2.05) is 273 Å². The first-order valence-corrected chi connectivity index (χ1v) is 24.0. The molecule has 0 aliphatic heterocycles. The third kappa shape index (κ3) is 18.9.